The fourth-order valence-electron chi connectivity index (χ4n) is 2.10. The quantitative estimate of drug-likeness (QED) is 0.705. The Balaban J connectivity index is 0.00000220. The number of nitrogens with one attached hydrogen (secondary N) is 2. The highest BCUT2D eigenvalue weighted by Crippen LogP contribution is 2.11. The van der Waals surface area contributed by atoms with Gasteiger partial charge in [-0.25, -0.2) is 0 Å². The van der Waals surface area contributed by atoms with E-state index in [1.54, 1.807) is 19.2 Å². The molecule has 1 aliphatic heterocycles. The van der Waals surface area contributed by atoms with Crippen molar-refractivity contribution >= 4 is 35.6 Å². The van der Waals surface area contributed by atoms with Crippen molar-refractivity contribution in [2.24, 2.45) is 5.92 Å². The maximum absolute atomic E-state index is 12.0. The fraction of sp³-hybridized carbons (Fsp3) is 0.538. The number of carbonyl (C=O) groups excluding carboxylic acids is 2. The minimum atomic E-state index is -0.416. The van der Waals surface area contributed by atoms with Crippen LogP contribution in [0.4, 0.5) is 0 Å². The van der Waals surface area contributed by atoms with Crippen LogP contribution < -0.4 is 10.6 Å². The minimum absolute atomic E-state index is 0. The molecule has 0 spiro atoms. The lowest BCUT2D eigenvalue weighted by atomic mass is 10.1. The van der Waals surface area contributed by atoms with E-state index in [1.165, 1.54) is 16.2 Å². The van der Waals surface area contributed by atoms with Gasteiger partial charge in [0.25, 0.3) is 5.91 Å². The Morgan fingerprint density at radius 1 is 1.52 bits per heavy atom. The van der Waals surface area contributed by atoms with Gasteiger partial charge in [0.1, 0.15) is 0 Å². The Bertz CT molecular complexity index is 469. The predicted molar refractivity (Wildman–Crippen MR) is 83.9 cm³/mol. The molecule has 2 amide bonds. The van der Waals surface area contributed by atoms with E-state index >= 15 is 0 Å². The average Bonchev–Trinajstić information content (AvgIpc) is 3.06. The molecule has 2 heterocycles. The Labute approximate surface area is 133 Å². The van der Waals surface area contributed by atoms with Crippen LogP contribution in [0, 0.1) is 5.92 Å². The molecule has 1 fully saturated rings. The van der Waals surface area contributed by atoms with Crippen LogP contribution in [0.5, 0.6) is 0 Å². The molecule has 0 aliphatic carbocycles. The highest BCUT2D eigenvalue weighted by Gasteiger charge is 2.25. The number of rotatable bonds is 5. The predicted octanol–water partition coefficient (Wildman–Crippen LogP) is -0.0616. The van der Waals surface area contributed by atoms with Gasteiger partial charge >= 0.3 is 0 Å². The zero-order valence-electron chi connectivity index (χ0n) is 11.7. The van der Waals surface area contributed by atoms with Crippen LogP contribution in [0.2, 0.25) is 0 Å². The normalized spacial score (nSPS) is 20.7. The molecular weight excluding hydrogens is 314 g/mol. The SMILES string of the molecule is CN(CC(=O)NCC1CNCC1O)C(=O)c1cccs1.Cl. The summed E-state index contributed by atoms with van der Waals surface area (Å²) in [7, 11) is 1.60. The van der Waals surface area contributed by atoms with Crippen molar-refractivity contribution in [3.63, 3.8) is 0 Å². The van der Waals surface area contributed by atoms with Crippen LogP contribution in [0.1, 0.15) is 9.67 Å². The molecule has 2 rings (SSSR count). The lowest BCUT2D eigenvalue weighted by Gasteiger charge is -2.18. The second-order valence-corrected chi connectivity index (χ2v) is 5.88. The molecule has 0 saturated carbocycles. The van der Waals surface area contributed by atoms with Crippen molar-refractivity contribution in [3.05, 3.63) is 22.4 Å². The second kappa shape index (κ2) is 8.33. The highest BCUT2D eigenvalue weighted by molar-refractivity contribution is 7.12. The van der Waals surface area contributed by atoms with Crippen molar-refractivity contribution in [3.8, 4) is 0 Å². The van der Waals surface area contributed by atoms with Gasteiger partial charge < -0.3 is 20.6 Å². The van der Waals surface area contributed by atoms with Crippen molar-refractivity contribution in [1.82, 2.24) is 15.5 Å². The smallest absolute Gasteiger partial charge is 0.264 e. The molecule has 0 radical (unpaired) electrons. The van der Waals surface area contributed by atoms with Gasteiger partial charge in [-0.2, -0.15) is 0 Å². The number of likely N-dealkylation sites (N-methyl/N-ethyl adjacent to an activating group) is 1. The number of aliphatic hydroxyl groups excluding tert-OH is 1. The van der Waals surface area contributed by atoms with Gasteiger partial charge in [-0.15, -0.1) is 23.7 Å². The standard InChI is InChI=1S/C13H19N3O3S.ClH/c1-16(13(19)11-3-2-4-20-11)8-12(18)15-6-9-5-14-7-10(9)17;/h2-4,9-10,14,17H,5-8H2,1H3,(H,15,18);1H. The van der Waals surface area contributed by atoms with E-state index in [0.717, 1.165) is 0 Å². The number of aliphatic hydroxyl groups is 1. The first kappa shape index (κ1) is 17.9. The number of β-amino-alcohol motifs (C(OH)–C–C–N with tert-alkyl or cyclic N) is 1. The van der Waals surface area contributed by atoms with Gasteiger partial charge in [0.15, 0.2) is 0 Å². The molecule has 1 aliphatic rings. The third-order valence-electron chi connectivity index (χ3n) is 3.33. The third kappa shape index (κ3) is 4.96. The summed E-state index contributed by atoms with van der Waals surface area (Å²) >= 11 is 1.36. The monoisotopic (exact) mass is 333 g/mol. The minimum Gasteiger partial charge on any atom is -0.391 e. The van der Waals surface area contributed by atoms with Crippen molar-refractivity contribution in [2.75, 3.05) is 33.2 Å². The number of hydrogen-bond donors (Lipinski definition) is 3. The number of carbonyl (C=O) groups is 2. The second-order valence-electron chi connectivity index (χ2n) is 4.93. The van der Waals surface area contributed by atoms with E-state index in [0.29, 0.717) is 24.5 Å². The zero-order chi connectivity index (χ0) is 14.5. The maximum atomic E-state index is 12.0. The Hall–Kier alpha value is -1.15. The van der Waals surface area contributed by atoms with Crippen LogP contribution >= 0.6 is 23.7 Å². The summed E-state index contributed by atoms with van der Waals surface area (Å²) in [5, 5.41) is 17.3. The molecule has 8 heteroatoms. The van der Waals surface area contributed by atoms with E-state index in [4.69, 9.17) is 0 Å². The zero-order valence-corrected chi connectivity index (χ0v) is 13.4. The summed E-state index contributed by atoms with van der Waals surface area (Å²) in [5.74, 6) is -0.327. The first-order valence-electron chi connectivity index (χ1n) is 6.52. The summed E-state index contributed by atoms with van der Waals surface area (Å²) in [5.41, 5.74) is 0. The lowest BCUT2D eigenvalue weighted by molar-refractivity contribution is -0.121. The largest absolute Gasteiger partial charge is 0.391 e. The average molecular weight is 334 g/mol. The molecule has 6 nitrogen and oxygen atoms in total. The number of amides is 2. The van der Waals surface area contributed by atoms with Gasteiger partial charge in [0.05, 0.1) is 17.5 Å². The van der Waals surface area contributed by atoms with E-state index in [2.05, 4.69) is 10.6 Å². The lowest BCUT2D eigenvalue weighted by Crippen LogP contribution is -2.41. The number of hydrogen-bond acceptors (Lipinski definition) is 5. The van der Waals surface area contributed by atoms with E-state index in [-0.39, 0.29) is 36.7 Å². The van der Waals surface area contributed by atoms with Crippen molar-refractivity contribution < 1.29 is 14.7 Å². The number of halogens is 1. The molecule has 2 unspecified atom stereocenters. The molecule has 0 aromatic carbocycles. The van der Waals surface area contributed by atoms with Crippen LogP contribution in [0.25, 0.3) is 0 Å². The molecule has 1 saturated heterocycles. The molecule has 21 heavy (non-hydrogen) atoms. The van der Waals surface area contributed by atoms with Crippen LogP contribution in [0.15, 0.2) is 17.5 Å². The summed E-state index contributed by atoms with van der Waals surface area (Å²) in [4.78, 5) is 25.8. The van der Waals surface area contributed by atoms with Gasteiger partial charge in [-0.3, -0.25) is 9.59 Å². The summed E-state index contributed by atoms with van der Waals surface area (Å²) in [6.45, 7) is 1.71. The van der Waals surface area contributed by atoms with Crippen LogP contribution in [-0.2, 0) is 4.79 Å². The maximum Gasteiger partial charge on any atom is 0.264 e. The molecule has 1 aromatic rings. The Kier molecular flexibility index (Phi) is 7.10. The summed E-state index contributed by atoms with van der Waals surface area (Å²) in [6, 6.07) is 3.54. The van der Waals surface area contributed by atoms with E-state index in [9.17, 15) is 14.7 Å². The third-order valence-corrected chi connectivity index (χ3v) is 4.18. The van der Waals surface area contributed by atoms with E-state index < -0.39 is 6.10 Å². The van der Waals surface area contributed by atoms with Gasteiger partial charge in [0, 0.05) is 32.6 Å². The van der Waals surface area contributed by atoms with Crippen LogP contribution in [-0.4, -0.2) is 61.2 Å². The van der Waals surface area contributed by atoms with E-state index in [1.807, 2.05) is 5.38 Å². The van der Waals surface area contributed by atoms with Crippen molar-refractivity contribution in [1.29, 1.82) is 0 Å². The number of nitrogens with zero attached hydrogens (tertiary/aromatic N) is 1. The van der Waals surface area contributed by atoms with Gasteiger partial charge in [0.2, 0.25) is 5.91 Å². The highest BCUT2D eigenvalue weighted by atomic mass is 35.5. The molecule has 3 N–H and O–H groups in total. The van der Waals surface area contributed by atoms with Crippen molar-refractivity contribution in [2.45, 2.75) is 6.10 Å². The topological polar surface area (TPSA) is 81.7 Å². The van der Waals surface area contributed by atoms with Crippen LogP contribution in [0.3, 0.4) is 0 Å². The molecule has 2 atom stereocenters. The molecular formula is C13H20ClN3O3S. The molecule has 118 valence electrons. The fourth-order valence-corrected chi connectivity index (χ4v) is 2.82. The van der Waals surface area contributed by atoms with Gasteiger partial charge in [-0.05, 0) is 11.4 Å². The Morgan fingerprint density at radius 3 is 2.86 bits per heavy atom. The molecule has 0 bridgehead atoms. The molecule has 1 aromatic heterocycles. The summed E-state index contributed by atoms with van der Waals surface area (Å²) in [6.07, 6.45) is -0.416. The first-order chi connectivity index (χ1) is 9.58. The Morgan fingerprint density at radius 2 is 2.29 bits per heavy atom. The summed E-state index contributed by atoms with van der Waals surface area (Å²) < 4.78 is 0. The number of thiophene rings is 1. The first-order valence-corrected chi connectivity index (χ1v) is 7.40. The van der Waals surface area contributed by atoms with Gasteiger partial charge in [-0.1, -0.05) is 6.07 Å².